The second-order valence-electron chi connectivity index (χ2n) is 7.89. The summed E-state index contributed by atoms with van der Waals surface area (Å²) in [4.78, 5) is 18.0. The number of carbonyl (C=O) groups excluding carboxylic acids is 1. The number of anilines is 1. The number of nitrogens with one attached hydrogen (secondary N) is 2. The smallest absolute Gasteiger partial charge is 0.256 e. The van der Waals surface area contributed by atoms with Crippen molar-refractivity contribution in [1.29, 1.82) is 0 Å². The van der Waals surface area contributed by atoms with Crippen LogP contribution in [0.1, 0.15) is 51.8 Å². The fraction of sp³-hybridized carbons (Fsp3) is 0.208. The molecule has 2 heterocycles. The van der Waals surface area contributed by atoms with Crippen LogP contribution in [0.4, 0.5) is 5.69 Å². The van der Waals surface area contributed by atoms with Gasteiger partial charge in [0.05, 0.1) is 27.0 Å². The predicted octanol–water partition coefficient (Wildman–Crippen LogP) is 3.98. The molecule has 1 atom stereocenters. The van der Waals surface area contributed by atoms with E-state index in [1.807, 2.05) is 18.2 Å². The second-order valence-corrected chi connectivity index (χ2v) is 10.1. The van der Waals surface area contributed by atoms with Crippen molar-refractivity contribution in [3.05, 3.63) is 69.7 Å². The highest BCUT2D eigenvalue weighted by atomic mass is 32.2. The van der Waals surface area contributed by atoms with E-state index < -0.39 is 10.8 Å². The molecule has 1 aliphatic carbocycles. The number of benzene rings is 2. The Labute approximate surface area is 202 Å². The van der Waals surface area contributed by atoms with Crippen molar-refractivity contribution in [3.8, 4) is 23.2 Å². The maximum Gasteiger partial charge on any atom is 0.256 e. The van der Waals surface area contributed by atoms with Gasteiger partial charge in [-0.05, 0) is 54.3 Å². The number of nitrogens with zero attached hydrogens (tertiary/aromatic N) is 4. The maximum atomic E-state index is 13.0. The highest BCUT2D eigenvalue weighted by Gasteiger charge is 2.21. The maximum absolute atomic E-state index is 13.0. The van der Waals surface area contributed by atoms with Crippen molar-refractivity contribution >= 4 is 33.7 Å². The number of amides is 1. The molecule has 1 fully saturated rings. The van der Waals surface area contributed by atoms with Gasteiger partial charge in [0.15, 0.2) is 5.01 Å². The van der Waals surface area contributed by atoms with Gasteiger partial charge < -0.3 is 5.32 Å². The second kappa shape index (κ2) is 9.67. The number of aromatic nitrogens is 5. The summed E-state index contributed by atoms with van der Waals surface area (Å²) in [5.74, 6) is 6.85. The van der Waals surface area contributed by atoms with Crippen LogP contribution in [-0.2, 0) is 10.8 Å². The molecule has 0 aliphatic heterocycles. The van der Waals surface area contributed by atoms with E-state index in [1.165, 1.54) is 25.5 Å². The predicted molar refractivity (Wildman–Crippen MR) is 131 cm³/mol. The van der Waals surface area contributed by atoms with E-state index in [-0.39, 0.29) is 5.91 Å². The van der Waals surface area contributed by atoms with Crippen molar-refractivity contribution in [2.75, 3.05) is 11.6 Å². The lowest BCUT2D eigenvalue weighted by Gasteiger charge is -2.22. The summed E-state index contributed by atoms with van der Waals surface area (Å²) in [5.41, 5.74) is 3.45. The summed E-state index contributed by atoms with van der Waals surface area (Å²) in [5, 5.41) is 19.6. The van der Waals surface area contributed by atoms with Gasteiger partial charge in [0.25, 0.3) is 5.91 Å². The number of rotatable bonds is 5. The van der Waals surface area contributed by atoms with Crippen LogP contribution in [0.2, 0.25) is 0 Å². The van der Waals surface area contributed by atoms with Crippen molar-refractivity contribution < 1.29 is 9.00 Å². The van der Waals surface area contributed by atoms with Gasteiger partial charge in [0.2, 0.25) is 5.82 Å². The first kappa shape index (κ1) is 22.1. The summed E-state index contributed by atoms with van der Waals surface area (Å²) in [6.45, 7) is 0. The molecule has 0 bridgehead atoms. The van der Waals surface area contributed by atoms with Crippen LogP contribution in [0, 0.1) is 11.8 Å². The minimum atomic E-state index is -1.39. The number of hydrogen-bond acceptors (Lipinski definition) is 7. The van der Waals surface area contributed by atoms with E-state index in [0.29, 0.717) is 33.5 Å². The molecular formula is C24H20N6O2S2. The van der Waals surface area contributed by atoms with Gasteiger partial charge in [0, 0.05) is 34.4 Å². The van der Waals surface area contributed by atoms with E-state index in [9.17, 15) is 9.00 Å². The van der Waals surface area contributed by atoms with Gasteiger partial charge in [-0.1, -0.05) is 24.5 Å². The zero-order valence-electron chi connectivity index (χ0n) is 18.2. The lowest BCUT2D eigenvalue weighted by atomic mass is 9.83. The van der Waals surface area contributed by atoms with Crippen LogP contribution in [0.25, 0.3) is 11.4 Å². The molecular weight excluding hydrogens is 468 g/mol. The van der Waals surface area contributed by atoms with E-state index in [2.05, 4.69) is 48.1 Å². The monoisotopic (exact) mass is 488 g/mol. The Morgan fingerprint density at radius 1 is 1.21 bits per heavy atom. The lowest BCUT2D eigenvalue weighted by Crippen LogP contribution is -2.15. The van der Waals surface area contributed by atoms with Crippen molar-refractivity contribution in [2.24, 2.45) is 0 Å². The Hall–Kier alpha value is -3.68. The first-order valence-corrected chi connectivity index (χ1v) is 13.1. The molecule has 1 aliphatic rings. The molecule has 1 amide bonds. The van der Waals surface area contributed by atoms with Crippen LogP contribution in [0.3, 0.4) is 0 Å². The Morgan fingerprint density at radius 2 is 2.09 bits per heavy atom. The quantitative estimate of drug-likeness (QED) is 0.411. The average molecular weight is 489 g/mol. The Balaban J connectivity index is 1.33. The fourth-order valence-corrected chi connectivity index (χ4v) is 5.11. The SMILES string of the molecule is CS(=O)c1cc(-c2nn[nH]n2)ccc1C(=O)Nc1cccc(C#Cc2nc(C3CCC3)cs2)c1. The topological polar surface area (TPSA) is 114 Å². The van der Waals surface area contributed by atoms with Gasteiger partial charge in [-0.15, -0.1) is 21.5 Å². The third-order valence-electron chi connectivity index (χ3n) is 5.62. The molecule has 5 rings (SSSR count). The molecule has 34 heavy (non-hydrogen) atoms. The molecule has 0 spiro atoms. The van der Waals surface area contributed by atoms with Crippen LogP contribution < -0.4 is 5.32 Å². The molecule has 8 nitrogen and oxygen atoms in total. The van der Waals surface area contributed by atoms with Gasteiger partial charge in [-0.2, -0.15) is 5.21 Å². The van der Waals surface area contributed by atoms with Crippen LogP contribution in [0.15, 0.2) is 52.7 Å². The van der Waals surface area contributed by atoms with E-state index in [1.54, 1.807) is 35.6 Å². The highest BCUT2D eigenvalue weighted by molar-refractivity contribution is 7.84. The summed E-state index contributed by atoms with van der Waals surface area (Å²) in [7, 11) is -1.39. The van der Waals surface area contributed by atoms with Crippen molar-refractivity contribution in [1.82, 2.24) is 25.6 Å². The molecule has 1 saturated carbocycles. The Kier molecular flexibility index (Phi) is 6.29. The van der Waals surface area contributed by atoms with Gasteiger partial charge in [0.1, 0.15) is 0 Å². The molecule has 1 unspecified atom stereocenters. The standard InChI is InChI=1S/C24H20N6O2S2/c1-34(32)21-13-17(23-27-29-30-28-23)9-10-19(21)24(31)25-18-7-2-4-15(12-18)8-11-22-26-20(14-33-22)16-5-3-6-16/h2,4,7,9-10,12-14,16H,3,5-6H2,1H3,(H,25,31)(H,27,28,29,30). The molecule has 4 aromatic rings. The van der Waals surface area contributed by atoms with Crippen LogP contribution in [-0.4, -0.2) is 42.0 Å². The minimum absolute atomic E-state index is 0.316. The number of aromatic amines is 1. The normalized spacial score (nSPS) is 14.0. The number of H-pyrrole nitrogens is 1. The summed E-state index contributed by atoms with van der Waals surface area (Å²) in [6.07, 6.45) is 5.23. The van der Waals surface area contributed by atoms with Gasteiger partial charge in [-0.25, -0.2) is 4.98 Å². The minimum Gasteiger partial charge on any atom is -0.322 e. The molecule has 170 valence electrons. The molecule has 2 aromatic carbocycles. The zero-order valence-corrected chi connectivity index (χ0v) is 19.9. The molecule has 10 heteroatoms. The third-order valence-corrected chi connectivity index (χ3v) is 7.35. The van der Waals surface area contributed by atoms with Gasteiger partial charge in [-0.3, -0.25) is 9.00 Å². The number of hydrogen-bond donors (Lipinski definition) is 2. The molecule has 0 radical (unpaired) electrons. The summed E-state index contributed by atoms with van der Waals surface area (Å²) in [6, 6.07) is 12.3. The molecule has 0 saturated heterocycles. The lowest BCUT2D eigenvalue weighted by molar-refractivity contribution is 0.102. The first-order valence-electron chi connectivity index (χ1n) is 10.7. The van der Waals surface area contributed by atoms with E-state index in [4.69, 9.17) is 0 Å². The average Bonchev–Trinajstić information content (AvgIpc) is 3.49. The number of carbonyl (C=O) groups is 1. The molecule has 2 aromatic heterocycles. The Bertz CT molecular complexity index is 1430. The zero-order chi connectivity index (χ0) is 23.5. The molecule has 2 N–H and O–H groups in total. The van der Waals surface area contributed by atoms with Gasteiger partial charge >= 0.3 is 0 Å². The van der Waals surface area contributed by atoms with Crippen LogP contribution in [0.5, 0.6) is 0 Å². The first-order chi connectivity index (χ1) is 16.6. The fourth-order valence-electron chi connectivity index (χ4n) is 3.60. The number of tetrazole rings is 1. The van der Waals surface area contributed by atoms with Crippen molar-refractivity contribution in [2.45, 2.75) is 30.1 Å². The largest absolute Gasteiger partial charge is 0.322 e. The summed E-state index contributed by atoms with van der Waals surface area (Å²) >= 11 is 1.56. The van der Waals surface area contributed by atoms with Crippen LogP contribution >= 0.6 is 11.3 Å². The third kappa shape index (κ3) is 4.81. The van der Waals surface area contributed by atoms with E-state index in [0.717, 1.165) is 16.3 Å². The van der Waals surface area contributed by atoms with E-state index >= 15 is 0 Å². The Morgan fingerprint density at radius 3 is 2.82 bits per heavy atom. The van der Waals surface area contributed by atoms with Crippen molar-refractivity contribution in [3.63, 3.8) is 0 Å². The highest BCUT2D eigenvalue weighted by Crippen LogP contribution is 2.36. The number of thiazole rings is 1. The summed E-state index contributed by atoms with van der Waals surface area (Å²) < 4.78 is 12.3.